The maximum Gasteiger partial charge on any atom is 0.191 e. The molecule has 0 bridgehead atoms. The molecule has 2 N–H and O–H groups in total. The lowest BCUT2D eigenvalue weighted by molar-refractivity contribution is 0.0243. The number of likely N-dealkylation sites (tertiary alicyclic amines) is 1. The first kappa shape index (κ1) is 18.5. The maximum atomic E-state index is 5.81. The summed E-state index contributed by atoms with van der Waals surface area (Å²) in [5.74, 6) is 2.57. The number of nitrogens with zero attached hydrogens (tertiary/aromatic N) is 2. The van der Waals surface area contributed by atoms with E-state index in [-0.39, 0.29) is 5.60 Å². The van der Waals surface area contributed by atoms with Crippen LogP contribution in [0, 0.1) is 11.8 Å². The summed E-state index contributed by atoms with van der Waals surface area (Å²) in [7, 11) is 1.83. The van der Waals surface area contributed by atoms with Gasteiger partial charge in [0, 0.05) is 39.8 Å². The molecule has 2 aliphatic rings. The Morgan fingerprint density at radius 2 is 2.00 bits per heavy atom. The van der Waals surface area contributed by atoms with Gasteiger partial charge in [-0.15, -0.1) is 0 Å². The van der Waals surface area contributed by atoms with Crippen molar-refractivity contribution in [3.8, 4) is 0 Å². The summed E-state index contributed by atoms with van der Waals surface area (Å²) >= 11 is 0. The summed E-state index contributed by atoms with van der Waals surface area (Å²) in [5, 5.41) is 6.83. The molecular weight excluding hydrogens is 288 g/mol. The standard InChI is InChI=1S/C18H36N4O/c1-15-11-16(2)13-22(12-15)9-6-8-20-17(19-4)21-14-18(3)7-5-10-23-18/h15-16H,5-14H2,1-4H3,(H2,19,20,21). The van der Waals surface area contributed by atoms with Crippen molar-refractivity contribution >= 4 is 5.96 Å². The van der Waals surface area contributed by atoms with Crippen LogP contribution in [0.1, 0.15) is 46.5 Å². The van der Waals surface area contributed by atoms with Gasteiger partial charge in [-0.05, 0) is 51.0 Å². The van der Waals surface area contributed by atoms with Crippen LogP contribution in [0.15, 0.2) is 4.99 Å². The summed E-state index contributed by atoms with van der Waals surface area (Å²) in [5.41, 5.74) is -0.0301. The normalized spacial score (nSPS) is 33.0. The van der Waals surface area contributed by atoms with Crippen LogP contribution in [-0.4, -0.2) is 62.8 Å². The highest BCUT2D eigenvalue weighted by Gasteiger charge is 2.29. The summed E-state index contributed by atoms with van der Waals surface area (Å²) in [6.45, 7) is 13.3. The van der Waals surface area contributed by atoms with Crippen LogP contribution in [0.2, 0.25) is 0 Å². The SMILES string of the molecule is CN=C(NCCCN1CC(C)CC(C)C1)NCC1(C)CCCO1. The second-order valence-electron chi connectivity index (χ2n) is 7.81. The molecule has 0 aromatic rings. The van der Waals surface area contributed by atoms with Crippen LogP contribution in [0.5, 0.6) is 0 Å². The Morgan fingerprint density at radius 3 is 2.61 bits per heavy atom. The lowest BCUT2D eigenvalue weighted by atomic mass is 9.92. The molecule has 0 radical (unpaired) electrons. The molecule has 5 heteroatoms. The van der Waals surface area contributed by atoms with E-state index in [1.165, 1.54) is 26.1 Å². The number of hydrogen-bond acceptors (Lipinski definition) is 3. The van der Waals surface area contributed by atoms with Gasteiger partial charge in [0.25, 0.3) is 0 Å². The number of hydrogen-bond donors (Lipinski definition) is 2. The summed E-state index contributed by atoms with van der Waals surface area (Å²) in [6, 6.07) is 0. The predicted molar refractivity (Wildman–Crippen MR) is 97.0 cm³/mol. The Hall–Kier alpha value is -0.810. The van der Waals surface area contributed by atoms with Crippen molar-refractivity contribution in [1.29, 1.82) is 0 Å². The average molecular weight is 325 g/mol. The van der Waals surface area contributed by atoms with E-state index in [0.717, 1.165) is 56.8 Å². The molecule has 2 aliphatic heterocycles. The summed E-state index contributed by atoms with van der Waals surface area (Å²) in [6.07, 6.45) is 4.83. The van der Waals surface area contributed by atoms with E-state index < -0.39 is 0 Å². The van der Waals surface area contributed by atoms with Gasteiger partial charge >= 0.3 is 0 Å². The van der Waals surface area contributed by atoms with Crippen LogP contribution in [0.25, 0.3) is 0 Å². The molecule has 23 heavy (non-hydrogen) atoms. The molecule has 3 unspecified atom stereocenters. The van der Waals surface area contributed by atoms with E-state index in [4.69, 9.17) is 4.74 Å². The van der Waals surface area contributed by atoms with E-state index in [1.807, 2.05) is 7.05 Å². The van der Waals surface area contributed by atoms with Crippen LogP contribution in [0.3, 0.4) is 0 Å². The molecule has 0 spiro atoms. The summed E-state index contributed by atoms with van der Waals surface area (Å²) < 4.78 is 5.81. The lowest BCUT2D eigenvalue weighted by Crippen LogP contribution is -2.46. The smallest absolute Gasteiger partial charge is 0.191 e. The molecule has 2 heterocycles. The number of ether oxygens (including phenoxy) is 1. The predicted octanol–water partition coefficient (Wildman–Crippen LogP) is 2.09. The highest BCUT2D eigenvalue weighted by molar-refractivity contribution is 5.79. The van der Waals surface area contributed by atoms with Gasteiger partial charge in [0.1, 0.15) is 0 Å². The van der Waals surface area contributed by atoms with Gasteiger partial charge < -0.3 is 20.3 Å². The quantitative estimate of drug-likeness (QED) is 0.446. The third kappa shape index (κ3) is 6.30. The molecule has 2 rings (SSSR count). The van der Waals surface area contributed by atoms with Gasteiger partial charge in [0.05, 0.1) is 5.60 Å². The van der Waals surface area contributed by atoms with Crippen LogP contribution in [0.4, 0.5) is 0 Å². The fourth-order valence-corrected chi connectivity index (χ4v) is 3.95. The molecule has 0 amide bonds. The van der Waals surface area contributed by atoms with Crippen molar-refractivity contribution in [2.75, 3.05) is 46.4 Å². The van der Waals surface area contributed by atoms with Crippen LogP contribution in [-0.2, 0) is 4.74 Å². The molecule has 0 aromatic heterocycles. The van der Waals surface area contributed by atoms with Gasteiger partial charge in [0.15, 0.2) is 5.96 Å². The Bertz CT molecular complexity index is 369. The Kier molecular flexibility index (Phi) is 7.15. The highest BCUT2D eigenvalue weighted by atomic mass is 16.5. The second-order valence-corrected chi connectivity index (χ2v) is 7.81. The van der Waals surface area contributed by atoms with Gasteiger partial charge in [-0.1, -0.05) is 13.8 Å². The van der Waals surface area contributed by atoms with Crippen LogP contribution >= 0.6 is 0 Å². The van der Waals surface area contributed by atoms with Crippen molar-refractivity contribution in [2.24, 2.45) is 16.8 Å². The second kappa shape index (κ2) is 8.88. The largest absolute Gasteiger partial charge is 0.373 e. The fourth-order valence-electron chi connectivity index (χ4n) is 3.95. The van der Waals surface area contributed by atoms with Gasteiger partial charge in [0.2, 0.25) is 0 Å². The first-order chi connectivity index (χ1) is 11.0. The molecule has 2 fully saturated rings. The van der Waals surface area contributed by atoms with Crippen LogP contribution < -0.4 is 10.6 Å². The molecule has 134 valence electrons. The zero-order valence-corrected chi connectivity index (χ0v) is 15.5. The summed E-state index contributed by atoms with van der Waals surface area (Å²) in [4.78, 5) is 6.93. The van der Waals surface area contributed by atoms with E-state index in [9.17, 15) is 0 Å². The monoisotopic (exact) mass is 324 g/mol. The first-order valence-electron chi connectivity index (χ1n) is 9.31. The van der Waals surface area contributed by atoms with Crippen molar-refractivity contribution < 1.29 is 4.74 Å². The Labute approximate surface area is 142 Å². The minimum absolute atomic E-state index is 0.0301. The number of nitrogens with one attached hydrogen (secondary N) is 2. The zero-order valence-electron chi connectivity index (χ0n) is 15.5. The van der Waals surface area contributed by atoms with Crippen molar-refractivity contribution in [3.63, 3.8) is 0 Å². The van der Waals surface area contributed by atoms with E-state index >= 15 is 0 Å². The molecule has 0 aromatic carbocycles. The van der Waals surface area contributed by atoms with E-state index in [2.05, 4.69) is 41.3 Å². The van der Waals surface area contributed by atoms with Gasteiger partial charge in [-0.3, -0.25) is 4.99 Å². The molecule has 0 saturated carbocycles. The number of rotatable bonds is 6. The zero-order chi connectivity index (χ0) is 16.7. The molecule has 5 nitrogen and oxygen atoms in total. The minimum Gasteiger partial charge on any atom is -0.373 e. The molecular formula is C18H36N4O. The Morgan fingerprint density at radius 1 is 1.26 bits per heavy atom. The number of guanidine groups is 1. The fraction of sp³-hybridized carbons (Fsp3) is 0.944. The topological polar surface area (TPSA) is 48.9 Å². The van der Waals surface area contributed by atoms with E-state index in [0.29, 0.717) is 0 Å². The highest BCUT2D eigenvalue weighted by Crippen LogP contribution is 2.23. The number of piperidine rings is 1. The van der Waals surface area contributed by atoms with Crippen molar-refractivity contribution in [1.82, 2.24) is 15.5 Å². The molecule has 0 aliphatic carbocycles. The first-order valence-corrected chi connectivity index (χ1v) is 9.31. The van der Waals surface area contributed by atoms with Crippen molar-refractivity contribution in [3.05, 3.63) is 0 Å². The van der Waals surface area contributed by atoms with E-state index in [1.54, 1.807) is 0 Å². The lowest BCUT2D eigenvalue weighted by Gasteiger charge is -2.35. The van der Waals surface area contributed by atoms with Crippen molar-refractivity contribution in [2.45, 2.75) is 52.1 Å². The number of aliphatic imine (C=N–C) groups is 1. The third-order valence-electron chi connectivity index (χ3n) is 5.04. The molecule has 3 atom stereocenters. The minimum atomic E-state index is -0.0301. The average Bonchev–Trinajstić information content (AvgIpc) is 2.93. The van der Waals surface area contributed by atoms with Gasteiger partial charge in [-0.2, -0.15) is 0 Å². The maximum absolute atomic E-state index is 5.81. The Balaban J connectivity index is 1.60. The molecule has 2 saturated heterocycles. The third-order valence-corrected chi connectivity index (χ3v) is 5.04. The van der Waals surface area contributed by atoms with Gasteiger partial charge in [-0.25, -0.2) is 0 Å².